The summed E-state index contributed by atoms with van der Waals surface area (Å²) in [5.74, 6) is 1.67. The van der Waals surface area contributed by atoms with E-state index in [-0.39, 0.29) is 11.8 Å². The zero-order valence-electron chi connectivity index (χ0n) is 19.0. The summed E-state index contributed by atoms with van der Waals surface area (Å²) in [5.41, 5.74) is 0.943. The van der Waals surface area contributed by atoms with Crippen LogP contribution in [0.15, 0.2) is 54.6 Å². The summed E-state index contributed by atoms with van der Waals surface area (Å²) in [4.78, 5) is 27.3. The Kier molecular flexibility index (Phi) is 9.88. The van der Waals surface area contributed by atoms with Gasteiger partial charge in [-0.25, -0.2) is 0 Å². The Morgan fingerprint density at radius 2 is 1.65 bits per heavy atom. The number of rotatable bonds is 12. The van der Waals surface area contributed by atoms with Crippen LogP contribution in [-0.2, 0) is 16.1 Å². The summed E-state index contributed by atoms with van der Waals surface area (Å²) < 4.78 is 10.9. The first kappa shape index (κ1) is 24.3. The van der Waals surface area contributed by atoms with Crippen LogP contribution in [0.2, 0.25) is 0 Å². The average Bonchev–Trinajstić information content (AvgIpc) is 2.79. The van der Waals surface area contributed by atoms with Crippen LogP contribution in [-0.4, -0.2) is 43.0 Å². The lowest BCUT2D eigenvalue weighted by atomic mass is 10.1. The maximum Gasteiger partial charge on any atom is 0.242 e. The number of carbonyl (C=O) groups is 2. The lowest BCUT2D eigenvalue weighted by Gasteiger charge is -2.29. The molecular weight excluding hydrogens is 392 g/mol. The third-order valence-corrected chi connectivity index (χ3v) is 4.91. The number of amides is 2. The Labute approximate surface area is 185 Å². The van der Waals surface area contributed by atoms with E-state index in [9.17, 15) is 9.59 Å². The minimum absolute atomic E-state index is 0.0697. The molecule has 0 saturated heterocycles. The van der Waals surface area contributed by atoms with Gasteiger partial charge in [0.1, 0.15) is 17.5 Å². The molecule has 6 nitrogen and oxygen atoms in total. The zero-order valence-corrected chi connectivity index (χ0v) is 19.0. The smallest absolute Gasteiger partial charge is 0.242 e. The van der Waals surface area contributed by atoms with Crippen LogP contribution in [0.25, 0.3) is 0 Å². The van der Waals surface area contributed by atoms with Crippen molar-refractivity contribution in [3.05, 3.63) is 60.2 Å². The van der Waals surface area contributed by atoms with E-state index in [1.807, 2.05) is 68.4 Å². The van der Waals surface area contributed by atoms with Gasteiger partial charge in [-0.15, -0.1) is 0 Å². The van der Waals surface area contributed by atoms with Gasteiger partial charge >= 0.3 is 0 Å². The van der Waals surface area contributed by atoms with Crippen LogP contribution >= 0.6 is 0 Å². The molecule has 2 amide bonds. The standard InChI is InChI=1S/C25H34N2O4/c1-19(2)17-26-25(29)20(3)27(18-21-12-14-22(30-4)15-13-21)24(28)11-8-16-31-23-9-6-5-7-10-23/h5-7,9-10,12-15,19-20H,8,11,16-18H2,1-4H3,(H,26,29). The highest BCUT2D eigenvalue weighted by Crippen LogP contribution is 2.16. The van der Waals surface area contributed by atoms with Crippen molar-refractivity contribution in [3.8, 4) is 11.5 Å². The summed E-state index contributed by atoms with van der Waals surface area (Å²) in [6, 6.07) is 16.5. The van der Waals surface area contributed by atoms with Gasteiger partial charge < -0.3 is 19.7 Å². The lowest BCUT2D eigenvalue weighted by molar-refractivity contribution is -0.140. The predicted molar refractivity (Wildman–Crippen MR) is 122 cm³/mol. The maximum atomic E-state index is 13.0. The number of ether oxygens (including phenoxy) is 2. The summed E-state index contributed by atoms with van der Waals surface area (Å²) in [6.45, 7) is 7.24. The van der Waals surface area contributed by atoms with Gasteiger partial charge in [-0.3, -0.25) is 9.59 Å². The third kappa shape index (κ3) is 8.32. The fraction of sp³-hybridized carbons (Fsp3) is 0.440. The highest BCUT2D eigenvalue weighted by Gasteiger charge is 2.25. The van der Waals surface area contributed by atoms with E-state index in [0.29, 0.717) is 38.5 Å². The van der Waals surface area contributed by atoms with E-state index >= 15 is 0 Å². The molecule has 0 aliphatic carbocycles. The van der Waals surface area contributed by atoms with E-state index in [1.165, 1.54) is 0 Å². The van der Waals surface area contributed by atoms with Crippen molar-refractivity contribution >= 4 is 11.8 Å². The van der Waals surface area contributed by atoms with Crippen molar-refractivity contribution in [1.82, 2.24) is 10.2 Å². The van der Waals surface area contributed by atoms with E-state index in [4.69, 9.17) is 9.47 Å². The Hall–Kier alpha value is -3.02. The quantitative estimate of drug-likeness (QED) is 0.520. The van der Waals surface area contributed by atoms with Crippen LogP contribution in [0.3, 0.4) is 0 Å². The molecule has 1 N–H and O–H groups in total. The number of hydrogen-bond donors (Lipinski definition) is 1. The normalized spacial score (nSPS) is 11.6. The molecule has 6 heteroatoms. The molecule has 2 aromatic rings. The Bertz CT molecular complexity index is 806. The third-order valence-electron chi connectivity index (χ3n) is 4.91. The van der Waals surface area contributed by atoms with Crippen molar-refractivity contribution in [2.45, 2.75) is 46.2 Å². The first-order valence-electron chi connectivity index (χ1n) is 10.8. The second-order valence-corrected chi connectivity index (χ2v) is 7.95. The molecule has 0 aliphatic heterocycles. The lowest BCUT2D eigenvalue weighted by Crippen LogP contribution is -2.48. The first-order chi connectivity index (χ1) is 14.9. The summed E-state index contributed by atoms with van der Waals surface area (Å²) in [5, 5.41) is 2.93. The fourth-order valence-electron chi connectivity index (χ4n) is 3.04. The van der Waals surface area contributed by atoms with Crippen LogP contribution in [0.4, 0.5) is 0 Å². The van der Waals surface area contributed by atoms with E-state index in [1.54, 1.807) is 18.9 Å². The Balaban J connectivity index is 2.00. The van der Waals surface area contributed by atoms with Gasteiger partial charge in [0.2, 0.25) is 11.8 Å². The molecule has 0 radical (unpaired) electrons. The van der Waals surface area contributed by atoms with Crippen LogP contribution in [0, 0.1) is 5.92 Å². The van der Waals surface area contributed by atoms with Gasteiger partial charge in [0.15, 0.2) is 0 Å². The molecule has 168 valence electrons. The van der Waals surface area contributed by atoms with Crippen molar-refractivity contribution in [2.75, 3.05) is 20.3 Å². The number of methoxy groups -OCH3 is 1. The molecule has 0 bridgehead atoms. The van der Waals surface area contributed by atoms with Crippen molar-refractivity contribution in [2.24, 2.45) is 5.92 Å². The van der Waals surface area contributed by atoms with Crippen LogP contribution < -0.4 is 14.8 Å². The topological polar surface area (TPSA) is 67.9 Å². The number of para-hydroxylation sites is 1. The molecule has 1 atom stereocenters. The Morgan fingerprint density at radius 3 is 2.26 bits per heavy atom. The summed E-state index contributed by atoms with van der Waals surface area (Å²) >= 11 is 0. The van der Waals surface area contributed by atoms with Gasteiger partial charge in [-0.1, -0.05) is 44.2 Å². The van der Waals surface area contributed by atoms with E-state index < -0.39 is 6.04 Å². The molecule has 0 aromatic heterocycles. The van der Waals surface area contributed by atoms with Gasteiger partial charge in [0.25, 0.3) is 0 Å². The van der Waals surface area contributed by atoms with E-state index in [2.05, 4.69) is 5.32 Å². The van der Waals surface area contributed by atoms with E-state index in [0.717, 1.165) is 17.1 Å². The molecule has 2 aromatic carbocycles. The molecular formula is C25H34N2O4. The van der Waals surface area contributed by atoms with Gasteiger partial charge in [-0.2, -0.15) is 0 Å². The average molecular weight is 427 g/mol. The summed E-state index contributed by atoms with van der Waals surface area (Å²) in [7, 11) is 1.61. The number of nitrogens with zero attached hydrogens (tertiary/aromatic N) is 1. The SMILES string of the molecule is COc1ccc(CN(C(=O)CCCOc2ccccc2)C(C)C(=O)NCC(C)C)cc1. The molecule has 0 fully saturated rings. The second-order valence-electron chi connectivity index (χ2n) is 7.95. The van der Waals surface area contributed by atoms with Gasteiger partial charge in [0.05, 0.1) is 13.7 Å². The predicted octanol–water partition coefficient (Wildman–Crippen LogP) is 4.04. The molecule has 1 unspecified atom stereocenters. The highest BCUT2D eigenvalue weighted by molar-refractivity contribution is 5.87. The highest BCUT2D eigenvalue weighted by atomic mass is 16.5. The summed E-state index contributed by atoms with van der Waals surface area (Å²) in [6.07, 6.45) is 0.887. The molecule has 0 aliphatic rings. The number of nitrogens with one attached hydrogen (secondary N) is 1. The van der Waals surface area contributed by atoms with Crippen molar-refractivity contribution in [1.29, 1.82) is 0 Å². The van der Waals surface area contributed by atoms with Gasteiger partial charge in [-0.05, 0) is 49.1 Å². The molecule has 0 spiro atoms. The van der Waals surface area contributed by atoms with Crippen molar-refractivity contribution < 1.29 is 19.1 Å². The number of hydrogen-bond acceptors (Lipinski definition) is 4. The van der Waals surface area contributed by atoms with Gasteiger partial charge in [0, 0.05) is 19.5 Å². The second kappa shape index (κ2) is 12.6. The molecule has 0 saturated carbocycles. The van der Waals surface area contributed by atoms with Crippen LogP contribution in [0.1, 0.15) is 39.2 Å². The minimum Gasteiger partial charge on any atom is -0.497 e. The first-order valence-corrected chi connectivity index (χ1v) is 10.8. The minimum atomic E-state index is -0.566. The molecule has 2 rings (SSSR count). The number of benzene rings is 2. The van der Waals surface area contributed by atoms with Crippen molar-refractivity contribution in [3.63, 3.8) is 0 Å². The molecule has 0 heterocycles. The van der Waals surface area contributed by atoms with Crippen LogP contribution in [0.5, 0.6) is 11.5 Å². The monoisotopic (exact) mass is 426 g/mol. The molecule has 31 heavy (non-hydrogen) atoms. The fourth-order valence-corrected chi connectivity index (χ4v) is 3.04. The number of carbonyl (C=O) groups excluding carboxylic acids is 2. The largest absolute Gasteiger partial charge is 0.497 e. The zero-order chi connectivity index (χ0) is 22.6. The Morgan fingerprint density at radius 1 is 0.968 bits per heavy atom. The maximum absolute atomic E-state index is 13.0.